The summed E-state index contributed by atoms with van der Waals surface area (Å²) in [4.78, 5) is 20.0. The van der Waals surface area contributed by atoms with E-state index in [-0.39, 0.29) is 6.54 Å². The van der Waals surface area contributed by atoms with Gasteiger partial charge in [0.05, 0.1) is 12.1 Å². The van der Waals surface area contributed by atoms with Crippen LogP contribution < -0.4 is 4.90 Å². The molecule has 0 bridgehead atoms. The monoisotopic (exact) mass is 327 g/mol. The molecule has 1 unspecified atom stereocenters. The van der Waals surface area contributed by atoms with E-state index in [1.165, 1.54) is 11.1 Å². The number of para-hydroxylation sites is 1. The summed E-state index contributed by atoms with van der Waals surface area (Å²) in [6, 6.07) is 10.8. The summed E-state index contributed by atoms with van der Waals surface area (Å²) in [5.41, 5.74) is 3.32. The Morgan fingerprint density at radius 2 is 2.12 bits per heavy atom. The lowest BCUT2D eigenvalue weighted by atomic mass is 10.1. The fourth-order valence-electron chi connectivity index (χ4n) is 3.65. The molecule has 1 saturated heterocycles. The van der Waals surface area contributed by atoms with E-state index in [1.807, 2.05) is 24.9 Å². The molecule has 1 aromatic carbocycles. The number of nitrogens with zero attached hydrogens (tertiary/aromatic N) is 3. The number of carboxylic acid groups (broad SMARTS) is 1. The molecule has 5 heteroatoms. The quantitative estimate of drug-likeness (QED) is 0.936. The zero-order valence-corrected chi connectivity index (χ0v) is 14.4. The SMILES string of the molecule is Cc1cc(N2CCCC(N(C)CC(=O)O)CC2)c2ccccc2n1. The summed E-state index contributed by atoms with van der Waals surface area (Å²) in [6.45, 7) is 4.10. The van der Waals surface area contributed by atoms with Crippen molar-refractivity contribution >= 4 is 22.6 Å². The minimum atomic E-state index is -0.755. The van der Waals surface area contributed by atoms with Gasteiger partial charge in [0.25, 0.3) is 0 Å². The van der Waals surface area contributed by atoms with Crippen molar-refractivity contribution in [3.63, 3.8) is 0 Å². The van der Waals surface area contributed by atoms with Gasteiger partial charge in [0.2, 0.25) is 0 Å². The van der Waals surface area contributed by atoms with Gasteiger partial charge in [-0.15, -0.1) is 0 Å². The molecule has 1 aromatic heterocycles. The van der Waals surface area contributed by atoms with E-state index in [9.17, 15) is 4.79 Å². The van der Waals surface area contributed by atoms with Gasteiger partial charge in [0.1, 0.15) is 0 Å². The van der Waals surface area contributed by atoms with Gasteiger partial charge >= 0.3 is 5.97 Å². The van der Waals surface area contributed by atoms with Gasteiger partial charge in [-0.2, -0.15) is 0 Å². The van der Waals surface area contributed by atoms with Crippen LogP contribution in [-0.4, -0.2) is 53.7 Å². The zero-order chi connectivity index (χ0) is 17.1. The fraction of sp³-hybridized carbons (Fsp3) is 0.474. The summed E-state index contributed by atoms with van der Waals surface area (Å²) < 4.78 is 0. The molecule has 2 aromatic rings. The minimum absolute atomic E-state index is 0.113. The predicted molar refractivity (Wildman–Crippen MR) is 96.6 cm³/mol. The van der Waals surface area contributed by atoms with Crippen LogP contribution in [0.25, 0.3) is 10.9 Å². The molecule has 1 aliphatic rings. The molecule has 0 aliphatic carbocycles. The molecular formula is C19H25N3O2. The number of aryl methyl sites for hydroxylation is 1. The lowest BCUT2D eigenvalue weighted by molar-refractivity contribution is -0.138. The van der Waals surface area contributed by atoms with Crippen LogP contribution in [0.5, 0.6) is 0 Å². The van der Waals surface area contributed by atoms with Crippen molar-refractivity contribution in [2.45, 2.75) is 32.2 Å². The summed E-state index contributed by atoms with van der Waals surface area (Å²) in [6.07, 6.45) is 3.10. The zero-order valence-electron chi connectivity index (χ0n) is 14.4. The molecule has 0 radical (unpaired) electrons. The molecule has 5 nitrogen and oxygen atoms in total. The van der Waals surface area contributed by atoms with E-state index in [0.29, 0.717) is 6.04 Å². The number of benzene rings is 1. The number of hydrogen-bond acceptors (Lipinski definition) is 4. The normalized spacial score (nSPS) is 18.8. The Kier molecular flexibility index (Phi) is 5.00. The molecule has 1 fully saturated rings. The Morgan fingerprint density at radius 3 is 2.92 bits per heavy atom. The van der Waals surface area contributed by atoms with Crippen LogP contribution in [0.15, 0.2) is 30.3 Å². The Hall–Kier alpha value is -2.14. The van der Waals surface area contributed by atoms with Gasteiger partial charge in [-0.1, -0.05) is 18.2 Å². The number of fused-ring (bicyclic) bond motifs is 1. The second-order valence-corrected chi connectivity index (χ2v) is 6.68. The molecule has 1 aliphatic heterocycles. The van der Waals surface area contributed by atoms with Gasteiger partial charge in [-0.25, -0.2) is 0 Å². The Labute approximate surface area is 142 Å². The van der Waals surface area contributed by atoms with E-state index < -0.39 is 5.97 Å². The van der Waals surface area contributed by atoms with Crippen LogP contribution in [0.3, 0.4) is 0 Å². The third-order valence-corrected chi connectivity index (χ3v) is 4.87. The number of pyridine rings is 1. The molecule has 2 heterocycles. The number of likely N-dealkylation sites (N-methyl/N-ethyl adjacent to an activating group) is 1. The van der Waals surface area contributed by atoms with Crippen molar-refractivity contribution in [3.8, 4) is 0 Å². The Bertz CT molecular complexity index is 732. The lowest BCUT2D eigenvalue weighted by Crippen LogP contribution is -2.36. The molecule has 0 amide bonds. The number of aromatic nitrogens is 1. The van der Waals surface area contributed by atoms with E-state index in [0.717, 1.165) is 43.6 Å². The highest BCUT2D eigenvalue weighted by Crippen LogP contribution is 2.29. The van der Waals surface area contributed by atoms with Gasteiger partial charge in [-0.3, -0.25) is 14.7 Å². The Balaban J connectivity index is 1.81. The second kappa shape index (κ2) is 7.18. The molecule has 128 valence electrons. The molecule has 0 spiro atoms. The maximum Gasteiger partial charge on any atom is 0.317 e. The molecule has 0 saturated carbocycles. The first-order chi connectivity index (χ1) is 11.5. The van der Waals surface area contributed by atoms with Crippen LogP contribution in [0.2, 0.25) is 0 Å². The van der Waals surface area contributed by atoms with Crippen molar-refractivity contribution in [1.29, 1.82) is 0 Å². The van der Waals surface area contributed by atoms with Crippen molar-refractivity contribution in [2.75, 3.05) is 31.6 Å². The van der Waals surface area contributed by atoms with Crippen LogP contribution >= 0.6 is 0 Å². The summed E-state index contributed by atoms with van der Waals surface area (Å²) in [5, 5.41) is 10.2. The van der Waals surface area contributed by atoms with E-state index in [4.69, 9.17) is 5.11 Å². The number of rotatable bonds is 4. The first kappa shape index (κ1) is 16.7. The predicted octanol–water partition coefficient (Wildman–Crippen LogP) is 2.92. The highest BCUT2D eigenvalue weighted by molar-refractivity contribution is 5.92. The first-order valence-electron chi connectivity index (χ1n) is 8.58. The summed E-state index contributed by atoms with van der Waals surface area (Å²) in [5.74, 6) is -0.755. The van der Waals surface area contributed by atoms with Crippen LogP contribution in [0, 0.1) is 6.92 Å². The Morgan fingerprint density at radius 1 is 1.33 bits per heavy atom. The largest absolute Gasteiger partial charge is 0.480 e. The van der Waals surface area contributed by atoms with E-state index >= 15 is 0 Å². The molecule has 1 atom stereocenters. The van der Waals surface area contributed by atoms with Crippen molar-refractivity contribution in [3.05, 3.63) is 36.0 Å². The number of carboxylic acids is 1. The topological polar surface area (TPSA) is 56.7 Å². The van der Waals surface area contributed by atoms with Gasteiger partial charge in [0, 0.05) is 35.9 Å². The third-order valence-electron chi connectivity index (χ3n) is 4.87. The summed E-state index contributed by atoms with van der Waals surface area (Å²) >= 11 is 0. The van der Waals surface area contributed by atoms with Crippen LogP contribution in [-0.2, 0) is 4.79 Å². The van der Waals surface area contributed by atoms with E-state index in [2.05, 4.69) is 34.1 Å². The highest BCUT2D eigenvalue weighted by atomic mass is 16.4. The number of aliphatic carboxylic acids is 1. The maximum atomic E-state index is 10.9. The smallest absolute Gasteiger partial charge is 0.317 e. The van der Waals surface area contributed by atoms with Gasteiger partial charge in [-0.05, 0) is 45.4 Å². The van der Waals surface area contributed by atoms with Gasteiger partial charge in [0.15, 0.2) is 0 Å². The third kappa shape index (κ3) is 3.67. The number of carbonyl (C=O) groups is 1. The molecule has 1 N–H and O–H groups in total. The minimum Gasteiger partial charge on any atom is -0.480 e. The average Bonchev–Trinajstić information content (AvgIpc) is 2.79. The molecular weight excluding hydrogens is 302 g/mol. The van der Waals surface area contributed by atoms with Crippen molar-refractivity contribution < 1.29 is 9.90 Å². The first-order valence-corrected chi connectivity index (χ1v) is 8.58. The van der Waals surface area contributed by atoms with E-state index in [1.54, 1.807) is 0 Å². The number of hydrogen-bond donors (Lipinski definition) is 1. The number of anilines is 1. The second-order valence-electron chi connectivity index (χ2n) is 6.68. The van der Waals surface area contributed by atoms with Crippen LogP contribution in [0.1, 0.15) is 25.0 Å². The lowest BCUT2D eigenvalue weighted by Gasteiger charge is -2.27. The molecule has 24 heavy (non-hydrogen) atoms. The fourth-order valence-corrected chi connectivity index (χ4v) is 3.65. The summed E-state index contributed by atoms with van der Waals surface area (Å²) in [7, 11) is 1.92. The van der Waals surface area contributed by atoms with Crippen molar-refractivity contribution in [1.82, 2.24) is 9.88 Å². The average molecular weight is 327 g/mol. The van der Waals surface area contributed by atoms with Crippen molar-refractivity contribution in [2.24, 2.45) is 0 Å². The van der Waals surface area contributed by atoms with Crippen LogP contribution in [0.4, 0.5) is 5.69 Å². The maximum absolute atomic E-state index is 10.9. The molecule has 3 rings (SSSR count). The van der Waals surface area contributed by atoms with Gasteiger partial charge < -0.3 is 10.0 Å². The standard InChI is InChI=1S/C19H25N3O2/c1-14-12-18(16-7-3-4-8-17(16)20-14)22-10-5-6-15(9-11-22)21(2)13-19(23)24/h3-4,7-8,12,15H,5-6,9-11,13H2,1-2H3,(H,23,24). The highest BCUT2D eigenvalue weighted by Gasteiger charge is 2.22.